The summed E-state index contributed by atoms with van der Waals surface area (Å²) >= 11 is 0. The first-order valence-electron chi connectivity index (χ1n) is 11.4. The summed E-state index contributed by atoms with van der Waals surface area (Å²) in [5.74, 6) is 1.37. The molecular formula is C23H31N7O2. The highest BCUT2D eigenvalue weighted by molar-refractivity contribution is 5.76. The van der Waals surface area contributed by atoms with Gasteiger partial charge in [0.05, 0.1) is 5.69 Å². The quantitative estimate of drug-likeness (QED) is 0.655. The van der Waals surface area contributed by atoms with Crippen LogP contribution in [0.1, 0.15) is 55.7 Å². The number of nitrogens with one attached hydrogen (secondary N) is 1. The summed E-state index contributed by atoms with van der Waals surface area (Å²) in [5.41, 5.74) is 3.11. The highest BCUT2D eigenvalue weighted by Gasteiger charge is 2.22. The standard InChI is InChI=1S/C23H31N7O2/c1-3-30-16-20(17(2)27-30)15-29-12-5-7-18(8-11-25-21(31)9-13-29)23-26-22(28-32-23)19-6-4-10-24-14-19/h4,6,10,14,16,18H,3,5,7-9,11-13,15H2,1-2H3,(H,25,31). The Morgan fingerprint density at radius 3 is 2.97 bits per heavy atom. The first kappa shape index (κ1) is 22.1. The maximum absolute atomic E-state index is 12.3. The lowest BCUT2D eigenvalue weighted by Crippen LogP contribution is -2.31. The van der Waals surface area contributed by atoms with Crippen molar-refractivity contribution in [3.8, 4) is 11.4 Å². The van der Waals surface area contributed by atoms with Crippen LogP contribution in [-0.4, -0.2) is 55.3 Å². The Balaban J connectivity index is 1.44. The zero-order valence-electron chi connectivity index (χ0n) is 18.8. The van der Waals surface area contributed by atoms with E-state index in [-0.39, 0.29) is 11.8 Å². The summed E-state index contributed by atoms with van der Waals surface area (Å²) in [6, 6.07) is 3.77. The zero-order valence-corrected chi connectivity index (χ0v) is 18.8. The molecule has 1 aliphatic rings. The maximum atomic E-state index is 12.3. The Labute approximate surface area is 188 Å². The average Bonchev–Trinajstić information content (AvgIpc) is 3.42. The van der Waals surface area contributed by atoms with Gasteiger partial charge in [-0.2, -0.15) is 10.1 Å². The third kappa shape index (κ3) is 5.59. The van der Waals surface area contributed by atoms with E-state index in [0.29, 0.717) is 24.7 Å². The van der Waals surface area contributed by atoms with Gasteiger partial charge < -0.3 is 9.84 Å². The number of aryl methyl sites for hydroxylation is 2. The summed E-state index contributed by atoms with van der Waals surface area (Å²) in [4.78, 5) is 23.5. The van der Waals surface area contributed by atoms with Gasteiger partial charge in [-0.3, -0.25) is 19.4 Å². The molecule has 0 radical (unpaired) electrons. The molecule has 0 bridgehead atoms. The van der Waals surface area contributed by atoms with Gasteiger partial charge in [0, 0.05) is 68.2 Å². The number of pyridine rings is 1. The topological polar surface area (TPSA) is 102 Å². The van der Waals surface area contributed by atoms with E-state index >= 15 is 0 Å². The van der Waals surface area contributed by atoms with Crippen LogP contribution in [0.4, 0.5) is 0 Å². The lowest BCUT2D eigenvalue weighted by Gasteiger charge is -2.22. The number of carbonyl (C=O) groups is 1. The first-order valence-corrected chi connectivity index (χ1v) is 11.4. The largest absolute Gasteiger partial charge is 0.356 e. The van der Waals surface area contributed by atoms with Gasteiger partial charge in [0.15, 0.2) is 0 Å². The summed E-state index contributed by atoms with van der Waals surface area (Å²) in [5, 5.41) is 11.8. The molecule has 9 heteroatoms. The van der Waals surface area contributed by atoms with Gasteiger partial charge in [0.1, 0.15) is 0 Å². The fourth-order valence-electron chi connectivity index (χ4n) is 4.09. The van der Waals surface area contributed by atoms with Crippen LogP contribution in [-0.2, 0) is 17.9 Å². The molecule has 1 N–H and O–H groups in total. The lowest BCUT2D eigenvalue weighted by molar-refractivity contribution is -0.121. The Bertz CT molecular complexity index is 1010. The Morgan fingerprint density at radius 1 is 1.28 bits per heavy atom. The molecule has 0 aliphatic carbocycles. The minimum Gasteiger partial charge on any atom is -0.356 e. The minimum absolute atomic E-state index is 0.0817. The van der Waals surface area contributed by atoms with E-state index in [0.717, 1.165) is 56.7 Å². The van der Waals surface area contributed by atoms with Crippen molar-refractivity contribution in [3.05, 3.63) is 47.9 Å². The second-order valence-electron chi connectivity index (χ2n) is 8.30. The van der Waals surface area contributed by atoms with Gasteiger partial charge in [-0.05, 0) is 51.8 Å². The summed E-state index contributed by atoms with van der Waals surface area (Å²) in [7, 11) is 0. The highest BCUT2D eigenvalue weighted by Crippen LogP contribution is 2.26. The van der Waals surface area contributed by atoms with E-state index in [1.54, 1.807) is 12.4 Å². The van der Waals surface area contributed by atoms with Gasteiger partial charge in [0.25, 0.3) is 0 Å². The van der Waals surface area contributed by atoms with Crippen molar-refractivity contribution >= 4 is 5.91 Å². The summed E-state index contributed by atoms with van der Waals surface area (Å²) in [6.07, 6.45) is 8.76. The molecule has 1 saturated heterocycles. The van der Waals surface area contributed by atoms with Gasteiger partial charge in [-0.15, -0.1) is 0 Å². The SMILES string of the molecule is CCn1cc(CN2CCCC(c3nc(-c4cccnc4)no3)CCNC(=O)CC2)c(C)n1. The van der Waals surface area contributed by atoms with E-state index in [1.165, 1.54) is 5.56 Å². The van der Waals surface area contributed by atoms with Gasteiger partial charge in [-0.1, -0.05) is 5.16 Å². The minimum atomic E-state index is 0.0817. The summed E-state index contributed by atoms with van der Waals surface area (Å²) in [6.45, 7) is 8.04. The number of nitrogens with zero attached hydrogens (tertiary/aromatic N) is 6. The molecule has 4 heterocycles. The molecule has 1 aliphatic heterocycles. The molecule has 3 aromatic heterocycles. The molecule has 0 spiro atoms. The number of carbonyl (C=O) groups excluding carboxylic acids is 1. The van der Waals surface area contributed by atoms with Crippen LogP contribution in [0.2, 0.25) is 0 Å². The predicted octanol–water partition coefficient (Wildman–Crippen LogP) is 2.93. The molecule has 1 unspecified atom stereocenters. The normalized spacial score (nSPS) is 18.8. The molecule has 1 fully saturated rings. The number of amides is 1. The Morgan fingerprint density at radius 2 is 2.19 bits per heavy atom. The molecule has 0 aromatic carbocycles. The fraction of sp³-hybridized carbons (Fsp3) is 0.522. The first-order chi connectivity index (χ1) is 15.6. The van der Waals surface area contributed by atoms with Crippen LogP contribution in [0, 0.1) is 6.92 Å². The van der Waals surface area contributed by atoms with Crippen LogP contribution in [0.15, 0.2) is 35.2 Å². The van der Waals surface area contributed by atoms with Gasteiger partial charge in [0.2, 0.25) is 17.6 Å². The van der Waals surface area contributed by atoms with E-state index in [4.69, 9.17) is 4.52 Å². The van der Waals surface area contributed by atoms with Crippen LogP contribution in [0.5, 0.6) is 0 Å². The third-order valence-electron chi connectivity index (χ3n) is 5.97. The summed E-state index contributed by atoms with van der Waals surface area (Å²) < 4.78 is 7.58. The molecule has 3 aromatic rings. The molecule has 32 heavy (non-hydrogen) atoms. The molecule has 1 atom stereocenters. The van der Waals surface area contributed by atoms with E-state index in [9.17, 15) is 4.79 Å². The van der Waals surface area contributed by atoms with Crippen LogP contribution in [0.25, 0.3) is 11.4 Å². The van der Waals surface area contributed by atoms with E-state index < -0.39 is 0 Å². The Hall–Kier alpha value is -3.07. The molecule has 9 nitrogen and oxygen atoms in total. The average molecular weight is 438 g/mol. The smallest absolute Gasteiger partial charge is 0.230 e. The molecule has 0 saturated carbocycles. The van der Waals surface area contributed by atoms with Crippen LogP contribution < -0.4 is 5.32 Å². The third-order valence-corrected chi connectivity index (χ3v) is 5.97. The van der Waals surface area contributed by atoms with E-state index in [1.807, 2.05) is 23.7 Å². The predicted molar refractivity (Wildman–Crippen MR) is 120 cm³/mol. The second kappa shape index (κ2) is 10.5. The molecule has 1 amide bonds. The van der Waals surface area contributed by atoms with Gasteiger partial charge in [-0.25, -0.2) is 0 Å². The van der Waals surface area contributed by atoms with Crippen molar-refractivity contribution in [2.75, 3.05) is 19.6 Å². The van der Waals surface area contributed by atoms with Crippen molar-refractivity contribution in [2.45, 2.75) is 58.5 Å². The number of rotatable bonds is 5. The van der Waals surface area contributed by atoms with Crippen molar-refractivity contribution in [3.63, 3.8) is 0 Å². The van der Waals surface area contributed by atoms with Crippen molar-refractivity contribution in [1.82, 2.24) is 35.1 Å². The highest BCUT2D eigenvalue weighted by atomic mass is 16.5. The maximum Gasteiger partial charge on any atom is 0.230 e. The van der Waals surface area contributed by atoms with Crippen molar-refractivity contribution in [1.29, 1.82) is 0 Å². The van der Waals surface area contributed by atoms with Crippen molar-refractivity contribution < 1.29 is 9.32 Å². The van der Waals surface area contributed by atoms with Crippen LogP contribution >= 0.6 is 0 Å². The number of hydrogen-bond acceptors (Lipinski definition) is 7. The van der Waals surface area contributed by atoms with E-state index in [2.05, 4.69) is 43.6 Å². The van der Waals surface area contributed by atoms with Gasteiger partial charge >= 0.3 is 0 Å². The number of hydrogen-bond donors (Lipinski definition) is 1. The monoisotopic (exact) mass is 437 g/mol. The second-order valence-corrected chi connectivity index (χ2v) is 8.30. The molecular weight excluding hydrogens is 406 g/mol. The molecule has 170 valence electrons. The van der Waals surface area contributed by atoms with Crippen LogP contribution in [0.3, 0.4) is 0 Å². The fourth-order valence-corrected chi connectivity index (χ4v) is 4.09. The Kier molecular flexibility index (Phi) is 7.26. The molecule has 4 rings (SSSR count). The number of aromatic nitrogens is 5. The lowest BCUT2D eigenvalue weighted by atomic mass is 9.99. The zero-order chi connectivity index (χ0) is 22.3. The van der Waals surface area contributed by atoms with Crippen molar-refractivity contribution in [2.24, 2.45) is 0 Å².